The van der Waals surface area contributed by atoms with E-state index in [-0.39, 0.29) is 24.8 Å². The highest BCUT2D eigenvalue weighted by molar-refractivity contribution is 5.79. The topological polar surface area (TPSA) is 115 Å². The van der Waals surface area contributed by atoms with Crippen molar-refractivity contribution in [3.05, 3.63) is 88.7 Å². The van der Waals surface area contributed by atoms with Gasteiger partial charge < -0.3 is 20.3 Å². The lowest BCUT2D eigenvalue weighted by molar-refractivity contribution is 0.0183. The van der Waals surface area contributed by atoms with Gasteiger partial charge in [-0.1, -0.05) is 48.5 Å². The summed E-state index contributed by atoms with van der Waals surface area (Å²) in [6, 6.07) is 19.7. The minimum Gasteiger partial charge on any atom is -0.449 e. The molecule has 1 aliphatic carbocycles. The zero-order valence-electron chi connectivity index (χ0n) is 17.5. The van der Waals surface area contributed by atoms with Crippen LogP contribution < -0.4 is 5.32 Å². The van der Waals surface area contributed by atoms with Gasteiger partial charge in [-0.25, -0.2) is 9.78 Å². The van der Waals surface area contributed by atoms with Gasteiger partial charge in [-0.15, -0.1) is 0 Å². The smallest absolute Gasteiger partial charge is 0.407 e. The molecule has 0 spiro atoms. The number of nitrogens with zero attached hydrogens (tertiary/aromatic N) is 2. The van der Waals surface area contributed by atoms with Crippen LogP contribution in [0.15, 0.2) is 60.8 Å². The number of hydrogen-bond donors (Lipinski definition) is 3. The second-order valence-electron chi connectivity index (χ2n) is 7.76. The third-order valence-electron chi connectivity index (χ3n) is 5.71. The molecule has 162 valence electrons. The van der Waals surface area contributed by atoms with Gasteiger partial charge in [0.25, 0.3) is 0 Å². The standard InChI is InChI=1S/C25H23N3O4/c1-15-10-16(12-27-22(15)11-26)24(30)23(29)13-28-25(31)32-14-21-19-8-4-2-6-17(19)18-7-3-5-9-20(18)21/h2-10,12,21,23-24,29-30H,13-14H2,1H3,(H,28,31). The van der Waals surface area contributed by atoms with E-state index in [0.717, 1.165) is 22.3 Å². The molecule has 1 heterocycles. The van der Waals surface area contributed by atoms with Crippen LogP contribution in [0.5, 0.6) is 0 Å². The highest BCUT2D eigenvalue weighted by Crippen LogP contribution is 2.44. The van der Waals surface area contributed by atoms with Gasteiger partial charge in [0.2, 0.25) is 0 Å². The first-order chi connectivity index (χ1) is 15.5. The third-order valence-corrected chi connectivity index (χ3v) is 5.71. The first-order valence-corrected chi connectivity index (χ1v) is 10.3. The minimum atomic E-state index is -1.26. The van der Waals surface area contributed by atoms with Crippen molar-refractivity contribution in [3.63, 3.8) is 0 Å². The van der Waals surface area contributed by atoms with Crippen LogP contribution in [-0.4, -0.2) is 40.5 Å². The molecule has 0 radical (unpaired) electrons. The lowest BCUT2D eigenvalue weighted by atomic mass is 9.98. The molecule has 1 aromatic heterocycles. The number of aliphatic hydroxyl groups excluding tert-OH is 2. The monoisotopic (exact) mass is 429 g/mol. The van der Waals surface area contributed by atoms with Crippen molar-refractivity contribution in [1.29, 1.82) is 5.26 Å². The molecule has 1 aliphatic rings. The number of fused-ring (bicyclic) bond motifs is 3. The predicted molar refractivity (Wildman–Crippen MR) is 118 cm³/mol. The van der Waals surface area contributed by atoms with Crippen molar-refractivity contribution < 1.29 is 19.7 Å². The van der Waals surface area contributed by atoms with E-state index in [1.165, 1.54) is 6.20 Å². The molecule has 1 amide bonds. The number of carbonyl (C=O) groups excluding carboxylic acids is 1. The number of nitriles is 1. The number of aromatic nitrogens is 1. The highest BCUT2D eigenvalue weighted by Gasteiger charge is 2.29. The summed E-state index contributed by atoms with van der Waals surface area (Å²) in [5, 5.41) is 32.1. The first kappa shape index (κ1) is 21.5. The molecule has 2 unspecified atom stereocenters. The molecule has 0 saturated heterocycles. The van der Waals surface area contributed by atoms with Gasteiger partial charge >= 0.3 is 6.09 Å². The van der Waals surface area contributed by atoms with Crippen LogP contribution in [0, 0.1) is 18.3 Å². The van der Waals surface area contributed by atoms with Gasteiger partial charge in [-0.2, -0.15) is 5.26 Å². The summed E-state index contributed by atoms with van der Waals surface area (Å²) in [4.78, 5) is 16.2. The minimum absolute atomic E-state index is 0.0589. The number of pyridine rings is 1. The maximum Gasteiger partial charge on any atom is 0.407 e. The number of carbonyl (C=O) groups is 1. The average Bonchev–Trinajstić information content (AvgIpc) is 3.14. The van der Waals surface area contributed by atoms with Crippen LogP contribution in [-0.2, 0) is 4.74 Å². The van der Waals surface area contributed by atoms with E-state index >= 15 is 0 Å². The normalized spacial score (nSPS) is 14.1. The highest BCUT2D eigenvalue weighted by atomic mass is 16.5. The Labute approximate surface area is 185 Å². The van der Waals surface area contributed by atoms with Crippen molar-refractivity contribution in [2.75, 3.05) is 13.2 Å². The van der Waals surface area contributed by atoms with Gasteiger partial charge in [-0.3, -0.25) is 0 Å². The van der Waals surface area contributed by atoms with Crippen LogP contribution in [0.2, 0.25) is 0 Å². The molecule has 3 aromatic rings. The van der Waals surface area contributed by atoms with Crippen LogP contribution in [0.25, 0.3) is 11.1 Å². The zero-order valence-corrected chi connectivity index (χ0v) is 17.5. The van der Waals surface area contributed by atoms with Crippen molar-refractivity contribution in [2.45, 2.75) is 25.0 Å². The second kappa shape index (κ2) is 9.18. The van der Waals surface area contributed by atoms with Crippen molar-refractivity contribution in [2.24, 2.45) is 0 Å². The Bertz CT molecular complexity index is 1140. The summed E-state index contributed by atoms with van der Waals surface area (Å²) in [6.45, 7) is 1.66. The quantitative estimate of drug-likeness (QED) is 0.554. The predicted octanol–water partition coefficient (Wildman–Crippen LogP) is 3.19. The van der Waals surface area contributed by atoms with E-state index in [1.54, 1.807) is 13.0 Å². The number of rotatable bonds is 6. The summed E-state index contributed by atoms with van der Waals surface area (Å²) in [5.74, 6) is -0.0589. The molecule has 7 heteroatoms. The number of benzene rings is 2. The van der Waals surface area contributed by atoms with E-state index < -0.39 is 18.3 Å². The lowest BCUT2D eigenvalue weighted by Gasteiger charge is -2.19. The van der Waals surface area contributed by atoms with E-state index in [9.17, 15) is 15.0 Å². The Morgan fingerprint density at radius 1 is 1.16 bits per heavy atom. The number of amides is 1. The molecular weight excluding hydrogens is 406 g/mol. The molecule has 0 bridgehead atoms. The number of aliphatic hydroxyl groups is 2. The Morgan fingerprint density at radius 2 is 1.78 bits per heavy atom. The fourth-order valence-electron chi connectivity index (χ4n) is 4.05. The van der Waals surface area contributed by atoms with E-state index in [2.05, 4.69) is 22.4 Å². The lowest BCUT2D eigenvalue weighted by Crippen LogP contribution is -2.36. The van der Waals surface area contributed by atoms with Gasteiger partial charge in [0.05, 0.1) is 0 Å². The van der Waals surface area contributed by atoms with Crippen molar-refractivity contribution >= 4 is 6.09 Å². The Balaban J connectivity index is 1.34. The molecule has 2 aromatic carbocycles. The summed E-state index contributed by atoms with van der Waals surface area (Å²) in [7, 11) is 0. The van der Waals surface area contributed by atoms with Crippen LogP contribution >= 0.6 is 0 Å². The molecule has 0 fully saturated rings. The molecule has 2 atom stereocenters. The van der Waals surface area contributed by atoms with Crippen LogP contribution in [0.1, 0.15) is 40.0 Å². The van der Waals surface area contributed by atoms with Gasteiger partial charge in [0, 0.05) is 24.2 Å². The number of ether oxygens (including phenoxy) is 1. The molecule has 3 N–H and O–H groups in total. The third kappa shape index (κ3) is 4.19. The average molecular weight is 429 g/mol. The molecule has 7 nitrogen and oxygen atoms in total. The summed E-state index contributed by atoms with van der Waals surface area (Å²) in [6.07, 6.45) is -1.85. The van der Waals surface area contributed by atoms with Gasteiger partial charge in [0.15, 0.2) is 0 Å². The first-order valence-electron chi connectivity index (χ1n) is 10.3. The Kier molecular flexibility index (Phi) is 6.17. The molecule has 4 rings (SSSR count). The van der Waals surface area contributed by atoms with E-state index in [0.29, 0.717) is 11.1 Å². The molecule has 0 aliphatic heterocycles. The van der Waals surface area contributed by atoms with Gasteiger partial charge in [-0.05, 0) is 40.8 Å². The van der Waals surface area contributed by atoms with Crippen LogP contribution in [0.4, 0.5) is 4.79 Å². The maximum absolute atomic E-state index is 12.3. The van der Waals surface area contributed by atoms with Gasteiger partial charge in [0.1, 0.15) is 30.6 Å². The molecular formula is C25H23N3O4. The second-order valence-corrected chi connectivity index (χ2v) is 7.76. The SMILES string of the molecule is Cc1cc(C(O)C(O)CNC(=O)OCC2c3ccccc3-c3ccccc32)cnc1C#N. The fourth-order valence-corrected chi connectivity index (χ4v) is 4.05. The Morgan fingerprint density at radius 3 is 2.38 bits per heavy atom. The number of aryl methyl sites for hydroxylation is 1. The van der Waals surface area contributed by atoms with E-state index in [4.69, 9.17) is 10.00 Å². The summed E-state index contributed by atoms with van der Waals surface area (Å²) >= 11 is 0. The number of alkyl carbamates (subject to hydrolysis) is 1. The maximum atomic E-state index is 12.3. The van der Waals surface area contributed by atoms with Crippen LogP contribution in [0.3, 0.4) is 0 Å². The zero-order chi connectivity index (χ0) is 22.7. The fraction of sp³-hybridized carbons (Fsp3) is 0.240. The van der Waals surface area contributed by atoms with Crippen molar-refractivity contribution in [3.8, 4) is 17.2 Å². The molecule has 0 saturated carbocycles. The van der Waals surface area contributed by atoms with E-state index in [1.807, 2.05) is 42.5 Å². The largest absolute Gasteiger partial charge is 0.449 e. The summed E-state index contributed by atoms with van der Waals surface area (Å²) in [5.41, 5.74) is 5.72. The molecule has 32 heavy (non-hydrogen) atoms. The van der Waals surface area contributed by atoms with Crippen molar-refractivity contribution in [1.82, 2.24) is 10.3 Å². The number of nitrogens with one attached hydrogen (secondary N) is 1. The summed E-state index contributed by atoms with van der Waals surface area (Å²) < 4.78 is 5.43. The number of hydrogen-bond acceptors (Lipinski definition) is 6. The Hall–Kier alpha value is -3.73.